The number of hydrogen-bond acceptors (Lipinski definition) is 3. The van der Waals surface area contributed by atoms with Gasteiger partial charge in [-0.2, -0.15) is 0 Å². The van der Waals surface area contributed by atoms with Gasteiger partial charge in [-0.05, 0) is 60.7 Å². The van der Waals surface area contributed by atoms with Gasteiger partial charge in [0.15, 0.2) is 0 Å². The molecule has 3 rings (SSSR count). The minimum absolute atomic E-state index is 0.340. The number of esters is 1. The highest BCUT2D eigenvalue weighted by Gasteiger charge is 2.22. The van der Waals surface area contributed by atoms with Crippen LogP contribution >= 0.6 is 0 Å². The number of methoxy groups -OCH3 is 2. The van der Waals surface area contributed by atoms with Gasteiger partial charge in [0.05, 0.1) is 19.8 Å². The van der Waals surface area contributed by atoms with E-state index >= 15 is 0 Å². The zero-order chi connectivity index (χ0) is 17.3. The maximum atomic E-state index is 13.6. The first-order valence-corrected chi connectivity index (χ1v) is 7.80. The molecule has 124 valence electrons. The first-order valence-electron chi connectivity index (χ1n) is 7.80. The van der Waals surface area contributed by atoms with Gasteiger partial charge in [0, 0.05) is 11.6 Å². The molecule has 0 unspecified atom stereocenters. The van der Waals surface area contributed by atoms with Crippen molar-refractivity contribution in [2.24, 2.45) is 0 Å². The van der Waals surface area contributed by atoms with E-state index in [1.165, 1.54) is 31.9 Å². The smallest absolute Gasteiger partial charge is 0.337 e. The lowest BCUT2D eigenvalue weighted by atomic mass is 9.81. The van der Waals surface area contributed by atoms with E-state index in [0.29, 0.717) is 11.3 Å². The van der Waals surface area contributed by atoms with Gasteiger partial charge >= 0.3 is 5.97 Å². The van der Waals surface area contributed by atoms with E-state index in [9.17, 15) is 9.18 Å². The van der Waals surface area contributed by atoms with Gasteiger partial charge in [-0.15, -0.1) is 0 Å². The molecule has 0 aromatic heterocycles. The van der Waals surface area contributed by atoms with Crippen molar-refractivity contribution in [1.82, 2.24) is 0 Å². The van der Waals surface area contributed by atoms with Crippen LogP contribution in [0.3, 0.4) is 0 Å². The third-order valence-electron chi connectivity index (χ3n) is 4.43. The molecule has 2 aromatic rings. The van der Waals surface area contributed by atoms with Crippen molar-refractivity contribution in [1.29, 1.82) is 0 Å². The molecule has 0 aliphatic heterocycles. The number of benzene rings is 2. The molecule has 0 saturated heterocycles. The monoisotopic (exact) mass is 326 g/mol. The van der Waals surface area contributed by atoms with Crippen molar-refractivity contribution >= 4 is 11.5 Å². The molecular formula is C20H19FO3. The summed E-state index contributed by atoms with van der Waals surface area (Å²) in [5, 5.41) is 0. The number of carbonyl (C=O) groups is 1. The lowest BCUT2D eigenvalue weighted by molar-refractivity contribution is 0.0600. The van der Waals surface area contributed by atoms with E-state index in [4.69, 9.17) is 9.47 Å². The normalized spacial score (nSPS) is 13.5. The molecule has 0 spiro atoms. The Kier molecular flexibility index (Phi) is 4.38. The summed E-state index contributed by atoms with van der Waals surface area (Å²) in [5.41, 5.74) is 5.67. The van der Waals surface area contributed by atoms with Crippen LogP contribution in [-0.4, -0.2) is 20.2 Å². The fraction of sp³-hybridized carbons (Fsp3) is 0.250. The summed E-state index contributed by atoms with van der Waals surface area (Å²) in [6, 6.07) is 10.1. The Hall–Kier alpha value is -2.62. The predicted molar refractivity (Wildman–Crippen MR) is 90.8 cm³/mol. The Bertz CT molecular complexity index is 837. The molecule has 1 aliphatic rings. The SMILES string of the molecule is COC(=O)c1ccc2c(c1)C(c1ccc(F)cc1OC)=C(C)CC2. The second-order valence-corrected chi connectivity index (χ2v) is 5.86. The van der Waals surface area contributed by atoms with E-state index in [0.717, 1.165) is 35.1 Å². The highest BCUT2D eigenvalue weighted by Crippen LogP contribution is 2.40. The van der Waals surface area contributed by atoms with Gasteiger partial charge in [0.25, 0.3) is 0 Å². The summed E-state index contributed by atoms with van der Waals surface area (Å²) in [5.74, 6) is -0.222. The second-order valence-electron chi connectivity index (χ2n) is 5.86. The van der Waals surface area contributed by atoms with Crippen LogP contribution in [0.25, 0.3) is 5.57 Å². The zero-order valence-corrected chi connectivity index (χ0v) is 14.0. The topological polar surface area (TPSA) is 35.5 Å². The lowest BCUT2D eigenvalue weighted by Crippen LogP contribution is -2.09. The molecule has 0 atom stereocenters. The number of fused-ring (bicyclic) bond motifs is 1. The van der Waals surface area contributed by atoms with E-state index in [-0.39, 0.29) is 11.8 Å². The quantitative estimate of drug-likeness (QED) is 0.785. The van der Waals surface area contributed by atoms with Crippen LogP contribution in [0.5, 0.6) is 5.75 Å². The highest BCUT2D eigenvalue weighted by atomic mass is 19.1. The minimum Gasteiger partial charge on any atom is -0.496 e. The van der Waals surface area contributed by atoms with Crippen LogP contribution < -0.4 is 4.74 Å². The largest absolute Gasteiger partial charge is 0.496 e. The summed E-state index contributed by atoms with van der Waals surface area (Å²) in [6.07, 6.45) is 1.83. The van der Waals surface area contributed by atoms with E-state index in [2.05, 4.69) is 6.92 Å². The van der Waals surface area contributed by atoms with Crippen LogP contribution in [0.1, 0.15) is 40.4 Å². The van der Waals surface area contributed by atoms with Gasteiger partial charge in [0.1, 0.15) is 11.6 Å². The molecule has 1 aliphatic carbocycles. The van der Waals surface area contributed by atoms with E-state index < -0.39 is 0 Å². The second kappa shape index (κ2) is 6.48. The molecular weight excluding hydrogens is 307 g/mol. The Morgan fingerprint density at radius 1 is 1.04 bits per heavy atom. The number of allylic oxidation sites excluding steroid dienone is 1. The fourth-order valence-corrected chi connectivity index (χ4v) is 3.20. The average molecular weight is 326 g/mol. The van der Waals surface area contributed by atoms with Crippen LogP contribution in [0.15, 0.2) is 42.0 Å². The van der Waals surface area contributed by atoms with Gasteiger partial charge in [-0.25, -0.2) is 9.18 Å². The Balaban J connectivity index is 2.21. The van der Waals surface area contributed by atoms with Crippen LogP contribution in [-0.2, 0) is 11.2 Å². The molecule has 0 N–H and O–H groups in total. The summed E-state index contributed by atoms with van der Waals surface area (Å²) in [6.45, 7) is 2.06. The zero-order valence-electron chi connectivity index (χ0n) is 14.0. The van der Waals surface area contributed by atoms with Crippen molar-refractivity contribution in [2.75, 3.05) is 14.2 Å². The number of aryl methyl sites for hydroxylation is 1. The first-order chi connectivity index (χ1) is 11.5. The van der Waals surface area contributed by atoms with Gasteiger partial charge < -0.3 is 9.47 Å². The maximum absolute atomic E-state index is 13.6. The van der Waals surface area contributed by atoms with Crippen LogP contribution in [0.2, 0.25) is 0 Å². The standard InChI is InChI=1S/C20H19FO3/c1-12-4-5-13-6-7-14(20(22)24-3)10-17(13)19(12)16-9-8-15(21)11-18(16)23-2/h6-11H,4-5H2,1-3H3. The van der Waals surface area contributed by atoms with Gasteiger partial charge in [0.2, 0.25) is 0 Å². The van der Waals surface area contributed by atoms with Crippen molar-refractivity contribution < 1.29 is 18.7 Å². The average Bonchev–Trinajstić information content (AvgIpc) is 2.61. The predicted octanol–water partition coefficient (Wildman–Crippen LogP) is 4.39. The summed E-state index contributed by atoms with van der Waals surface area (Å²) < 4.78 is 23.8. The lowest BCUT2D eigenvalue weighted by Gasteiger charge is -2.24. The van der Waals surface area contributed by atoms with Crippen LogP contribution in [0.4, 0.5) is 4.39 Å². The molecule has 0 radical (unpaired) electrons. The summed E-state index contributed by atoms with van der Waals surface area (Å²) >= 11 is 0. The molecule has 2 aromatic carbocycles. The number of halogens is 1. The Morgan fingerprint density at radius 3 is 2.54 bits per heavy atom. The molecule has 0 heterocycles. The maximum Gasteiger partial charge on any atom is 0.337 e. The van der Waals surface area contributed by atoms with Crippen LogP contribution in [0, 0.1) is 5.82 Å². The molecule has 3 nitrogen and oxygen atoms in total. The van der Waals surface area contributed by atoms with Gasteiger partial charge in [-0.3, -0.25) is 0 Å². The molecule has 0 fully saturated rings. The highest BCUT2D eigenvalue weighted by molar-refractivity contribution is 5.93. The Labute approximate surface area is 140 Å². The fourth-order valence-electron chi connectivity index (χ4n) is 3.20. The molecule has 24 heavy (non-hydrogen) atoms. The molecule has 0 bridgehead atoms. The number of carbonyl (C=O) groups excluding carboxylic acids is 1. The first kappa shape index (κ1) is 16.2. The molecule has 0 saturated carbocycles. The van der Waals surface area contributed by atoms with Gasteiger partial charge in [-0.1, -0.05) is 11.6 Å². The third-order valence-corrected chi connectivity index (χ3v) is 4.43. The molecule has 0 amide bonds. The minimum atomic E-state index is -0.369. The van der Waals surface area contributed by atoms with E-state index in [1.54, 1.807) is 12.1 Å². The van der Waals surface area contributed by atoms with Crippen molar-refractivity contribution in [3.8, 4) is 5.75 Å². The summed E-state index contributed by atoms with van der Waals surface area (Å²) in [7, 11) is 2.90. The number of hydrogen-bond donors (Lipinski definition) is 0. The van der Waals surface area contributed by atoms with Crippen molar-refractivity contribution in [3.05, 3.63) is 70.0 Å². The number of rotatable bonds is 3. The number of ether oxygens (including phenoxy) is 2. The Morgan fingerprint density at radius 2 is 1.83 bits per heavy atom. The van der Waals surface area contributed by atoms with Crippen molar-refractivity contribution in [3.63, 3.8) is 0 Å². The van der Waals surface area contributed by atoms with E-state index in [1.807, 2.05) is 12.1 Å². The van der Waals surface area contributed by atoms with Crippen molar-refractivity contribution in [2.45, 2.75) is 19.8 Å². The molecule has 4 heteroatoms. The third kappa shape index (κ3) is 2.80. The summed E-state index contributed by atoms with van der Waals surface area (Å²) in [4.78, 5) is 11.9.